The van der Waals surface area contributed by atoms with Gasteiger partial charge in [-0.25, -0.2) is 4.79 Å². The smallest absolute Gasteiger partial charge is 0.337 e. The van der Waals surface area contributed by atoms with Crippen molar-refractivity contribution < 1.29 is 28.5 Å². The number of nitrogens with one attached hydrogen (secondary N) is 2. The molecule has 0 radical (unpaired) electrons. The first-order chi connectivity index (χ1) is 17.4. The van der Waals surface area contributed by atoms with Gasteiger partial charge in [-0.05, 0) is 36.8 Å². The van der Waals surface area contributed by atoms with Gasteiger partial charge in [-0.1, -0.05) is 6.07 Å². The van der Waals surface area contributed by atoms with Crippen molar-refractivity contribution in [3.05, 3.63) is 63.4 Å². The minimum absolute atomic E-state index is 0.0743. The van der Waals surface area contributed by atoms with Crippen LogP contribution in [0.4, 0.5) is 5.69 Å². The van der Waals surface area contributed by atoms with Gasteiger partial charge in [0, 0.05) is 36.8 Å². The summed E-state index contributed by atoms with van der Waals surface area (Å²) in [5.74, 6) is -0.135. The number of methoxy groups -OCH3 is 2. The van der Waals surface area contributed by atoms with Crippen molar-refractivity contribution in [3.63, 3.8) is 0 Å². The lowest BCUT2D eigenvalue weighted by molar-refractivity contribution is 0.0321. The zero-order valence-electron chi connectivity index (χ0n) is 20.5. The number of carbonyl (C=O) groups excluding carboxylic acids is 2. The number of nitrogens with zero attached hydrogens (tertiary/aromatic N) is 1. The molecule has 0 atom stereocenters. The lowest BCUT2D eigenvalue weighted by Crippen LogP contribution is -2.38. The first kappa shape index (κ1) is 25.2. The van der Waals surface area contributed by atoms with Crippen molar-refractivity contribution in [1.82, 2.24) is 9.88 Å². The third-order valence-corrected chi connectivity index (χ3v) is 6.05. The number of pyridine rings is 1. The van der Waals surface area contributed by atoms with Crippen LogP contribution >= 0.6 is 0 Å². The fourth-order valence-electron chi connectivity index (χ4n) is 3.96. The predicted octanol–water partition coefficient (Wildman–Crippen LogP) is 2.60. The molecule has 3 aromatic rings. The number of aryl methyl sites for hydroxylation is 1. The quantitative estimate of drug-likeness (QED) is 0.458. The molecule has 2 aromatic carbocycles. The van der Waals surface area contributed by atoms with Crippen molar-refractivity contribution >= 4 is 28.5 Å². The number of rotatable bonds is 8. The molecule has 1 amide bonds. The van der Waals surface area contributed by atoms with E-state index in [1.54, 1.807) is 31.2 Å². The van der Waals surface area contributed by atoms with Crippen LogP contribution in [0.5, 0.6) is 11.5 Å². The third-order valence-electron chi connectivity index (χ3n) is 6.05. The number of amides is 1. The van der Waals surface area contributed by atoms with Crippen LogP contribution in [0.25, 0.3) is 10.9 Å². The van der Waals surface area contributed by atoms with E-state index in [2.05, 4.69) is 15.2 Å². The first-order valence-corrected chi connectivity index (χ1v) is 11.6. The molecule has 10 heteroatoms. The topological polar surface area (TPSA) is 119 Å². The van der Waals surface area contributed by atoms with E-state index in [9.17, 15) is 14.4 Å². The van der Waals surface area contributed by atoms with E-state index in [0.29, 0.717) is 47.9 Å². The fourth-order valence-corrected chi connectivity index (χ4v) is 3.96. The number of aromatic amines is 1. The van der Waals surface area contributed by atoms with E-state index in [1.807, 2.05) is 0 Å². The maximum absolute atomic E-state index is 13.0. The van der Waals surface area contributed by atoms with E-state index in [1.165, 1.54) is 26.4 Å². The first-order valence-electron chi connectivity index (χ1n) is 11.6. The molecule has 1 fully saturated rings. The number of fused-ring (bicyclic) bond motifs is 1. The molecule has 0 bridgehead atoms. The van der Waals surface area contributed by atoms with Crippen molar-refractivity contribution in [2.75, 3.05) is 59.0 Å². The van der Waals surface area contributed by atoms with Crippen LogP contribution in [-0.4, -0.2) is 75.4 Å². The van der Waals surface area contributed by atoms with Gasteiger partial charge < -0.3 is 29.2 Å². The number of H-pyrrole nitrogens is 1. The molecule has 190 valence electrons. The molecule has 2 heterocycles. The Hall–Kier alpha value is -3.89. The summed E-state index contributed by atoms with van der Waals surface area (Å²) in [6.07, 6.45) is 0. The van der Waals surface area contributed by atoms with E-state index in [0.717, 1.165) is 25.2 Å². The minimum atomic E-state index is -0.603. The molecule has 0 saturated carbocycles. The zero-order valence-corrected chi connectivity index (χ0v) is 20.5. The molecule has 1 aliphatic rings. The van der Waals surface area contributed by atoms with Crippen molar-refractivity contribution in [1.29, 1.82) is 0 Å². The Morgan fingerprint density at radius 1 is 1.08 bits per heavy atom. The monoisotopic (exact) mass is 495 g/mol. The van der Waals surface area contributed by atoms with Crippen LogP contribution in [0.15, 0.2) is 41.2 Å². The Kier molecular flexibility index (Phi) is 7.87. The number of aromatic nitrogens is 1. The second kappa shape index (κ2) is 11.2. The van der Waals surface area contributed by atoms with Gasteiger partial charge in [-0.2, -0.15) is 0 Å². The van der Waals surface area contributed by atoms with Crippen molar-refractivity contribution in [3.8, 4) is 11.5 Å². The molecule has 0 aliphatic carbocycles. The van der Waals surface area contributed by atoms with Crippen LogP contribution < -0.4 is 20.3 Å². The molecule has 4 rings (SSSR count). The van der Waals surface area contributed by atoms with Gasteiger partial charge in [0.2, 0.25) is 0 Å². The second-order valence-electron chi connectivity index (χ2n) is 8.38. The van der Waals surface area contributed by atoms with Crippen LogP contribution in [0.1, 0.15) is 26.3 Å². The lowest BCUT2D eigenvalue weighted by atomic mass is 10.1. The molecule has 0 spiro atoms. The van der Waals surface area contributed by atoms with Gasteiger partial charge in [0.25, 0.3) is 11.5 Å². The molecule has 0 unspecified atom stereocenters. The van der Waals surface area contributed by atoms with Crippen molar-refractivity contribution in [2.45, 2.75) is 6.92 Å². The Balaban J connectivity index is 1.57. The molecule has 1 aliphatic heterocycles. The Labute approximate surface area is 208 Å². The average Bonchev–Trinajstić information content (AvgIpc) is 2.89. The second-order valence-corrected chi connectivity index (χ2v) is 8.38. The maximum Gasteiger partial charge on any atom is 0.337 e. The highest BCUT2D eigenvalue weighted by molar-refractivity contribution is 6.06. The summed E-state index contributed by atoms with van der Waals surface area (Å²) >= 11 is 0. The van der Waals surface area contributed by atoms with Crippen LogP contribution in [-0.2, 0) is 9.47 Å². The number of anilines is 1. The van der Waals surface area contributed by atoms with E-state index < -0.39 is 17.4 Å². The standard InChI is InChI=1S/C26H29N3O7/c1-16-4-5-17(26(32)34-3)13-20(16)27-24(30)19-12-18-14-23(22(33-2)15-21(18)28-25(19)31)36-11-8-29-6-9-35-10-7-29/h4-5,12-15H,6-11H2,1-3H3,(H,27,30)(H,28,31). The van der Waals surface area contributed by atoms with Gasteiger partial charge in [-0.3, -0.25) is 14.5 Å². The van der Waals surface area contributed by atoms with E-state index in [-0.39, 0.29) is 11.1 Å². The summed E-state index contributed by atoms with van der Waals surface area (Å²) in [5.41, 5.74) is 1.31. The van der Waals surface area contributed by atoms with Gasteiger partial charge in [0.05, 0.1) is 38.5 Å². The average molecular weight is 496 g/mol. The number of benzene rings is 2. The van der Waals surface area contributed by atoms with Crippen LogP contribution in [0, 0.1) is 6.92 Å². The summed E-state index contributed by atoms with van der Waals surface area (Å²) < 4.78 is 21.5. The third kappa shape index (κ3) is 5.67. The Bertz CT molecular complexity index is 1330. The summed E-state index contributed by atoms with van der Waals surface area (Å²) in [4.78, 5) is 42.6. The molecular formula is C26H29N3O7. The Morgan fingerprint density at radius 3 is 2.58 bits per heavy atom. The highest BCUT2D eigenvalue weighted by Crippen LogP contribution is 2.31. The van der Waals surface area contributed by atoms with Gasteiger partial charge >= 0.3 is 5.97 Å². The number of carbonyl (C=O) groups is 2. The highest BCUT2D eigenvalue weighted by atomic mass is 16.5. The molecule has 10 nitrogen and oxygen atoms in total. The van der Waals surface area contributed by atoms with Gasteiger partial charge in [0.15, 0.2) is 11.5 Å². The molecule has 1 aromatic heterocycles. The van der Waals surface area contributed by atoms with E-state index >= 15 is 0 Å². The Morgan fingerprint density at radius 2 is 1.86 bits per heavy atom. The summed E-state index contributed by atoms with van der Waals surface area (Å²) in [5, 5.41) is 3.33. The van der Waals surface area contributed by atoms with Crippen molar-refractivity contribution in [2.24, 2.45) is 0 Å². The fraction of sp³-hybridized carbons (Fsp3) is 0.346. The minimum Gasteiger partial charge on any atom is -0.493 e. The number of ether oxygens (including phenoxy) is 4. The molecule has 1 saturated heterocycles. The highest BCUT2D eigenvalue weighted by Gasteiger charge is 2.17. The summed E-state index contributed by atoms with van der Waals surface area (Å²) in [6, 6.07) is 9.74. The van der Waals surface area contributed by atoms with Gasteiger partial charge in [0.1, 0.15) is 12.2 Å². The molecule has 2 N–H and O–H groups in total. The van der Waals surface area contributed by atoms with Crippen LogP contribution in [0.3, 0.4) is 0 Å². The zero-order chi connectivity index (χ0) is 25.7. The molecule has 36 heavy (non-hydrogen) atoms. The summed E-state index contributed by atoms with van der Waals surface area (Å²) in [7, 11) is 2.81. The number of morpholine rings is 1. The van der Waals surface area contributed by atoms with Gasteiger partial charge in [-0.15, -0.1) is 0 Å². The normalized spacial score (nSPS) is 13.9. The maximum atomic E-state index is 13.0. The van der Waals surface area contributed by atoms with Crippen LogP contribution in [0.2, 0.25) is 0 Å². The largest absolute Gasteiger partial charge is 0.493 e. The van der Waals surface area contributed by atoms with E-state index in [4.69, 9.17) is 18.9 Å². The predicted molar refractivity (Wildman–Crippen MR) is 134 cm³/mol. The summed E-state index contributed by atoms with van der Waals surface area (Å²) in [6.45, 7) is 6.13. The number of hydrogen-bond acceptors (Lipinski definition) is 8. The number of hydrogen-bond donors (Lipinski definition) is 2. The molecular weight excluding hydrogens is 466 g/mol. The number of esters is 1. The SMILES string of the molecule is COC(=O)c1ccc(C)c(NC(=O)c2cc3cc(OCCN4CCOCC4)c(OC)cc3[nH]c2=O)c1. The lowest BCUT2D eigenvalue weighted by Gasteiger charge is -2.26.